The van der Waals surface area contributed by atoms with Gasteiger partial charge in [0.15, 0.2) is 0 Å². The topological polar surface area (TPSA) is 114 Å². The van der Waals surface area contributed by atoms with Crippen LogP contribution in [0, 0.1) is 0 Å². The predicted octanol–water partition coefficient (Wildman–Crippen LogP) is 6.06. The lowest BCUT2D eigenvalue weighted by atomic mass is 9.99. The first-order chi connectivity index (χ1) is 21.1. The Labute approximate surface area is 263 Å². The van der Waals surface area contributed by atoms with Crippen LogP contribution in [0.15, 0.2) is 30.3 Å². The molecule has 3 N–H and O–H groups in total. The fourth-order valence-electron chi connectivity index (χ4n) is 5.80. The normalized spacial score (nSPS) is 15.2. The first-order valence-electron chi connectivity index (χ1n) is 15.4. The quantitative estimate of drug-likeness (QED) is 0.250. The van der Waals surface area contributed by atoms with E-state index < -0.39 is 11.7 Å². The van der Waals surface area contributed by atoms with E-state index in [0.717, 1.165) is 30.6 Å². The van der Waals surface area contributed by atoms with Gasteiger partial charge in [-0.3, -0.25) is 9.69 Å². The van der Waals surface area contributed by atoms with Gasteiger partial charge in [0.25, 0.3) is 5.91 Å². The summed E-state index contributed by atoms with van der Waals surface area (Å²) in [5.74, 6) is 0.142. The van der Waals surface area contributed by atoms with Gasteiger partial charge in [-0.15, -0.1) is 0 Å². The highest BCUT2D eigenvalue weighted by Gasteiger charge is 2.32. The minimum atomic E-state index is -0.727. The number of urea groups is 1. The fourth-order valence-corrected chi connectivity index (χ4v) is 6.07. The second-order valence-corrected chi connectivity index (χ2v) is 12.7. The van der Waals surface area contributed by atoms with Crippen molar-refractivity contribution in [1.82, 2.24) is 25.4 Å². The van der Waals surface area contributed by atoms with Gasteiger partial charge in [0.05, 0.1) is 28.4 Å². The molecule has 0 atom stereocenters. The van der Waals surface area contributed by atoms with Gasteiger partial charge in [-0.2, -0.15) is 0 Å². The molecule has 1 saturated heterocycles. The Kier molecular flexibility index (Phi) is 9.70. The Balaban J connectivity index is 1.53. The highest BCUT2D eigenvalue weighted by atomic mass is 35.5. The van der Waals surface area contributed by atoms with Crippen LogP contribution in [0.25, 0.3) is 22.2 Å². The molecule has 10 nitrogen and oxygen atoms in total. The summed E-state index contributed by atoms with van der Waals surface area (Å²) >= 11 is 6.76. The molecule has 3 amide bonds. The number of rotatable bonds is 9. The van der Waals surface area contributed by atoms with Gasteiger partial charge >= 0.3 is 12.1 Å². The number of halogens is 1. The summed E-state index contributed by atoms with van der Waals surface area (Å²) in [5, 5.41) is 9.57. The Bertz CT molecular complexity index is 1550. The number of fused-ring (bicyclic) bond motifs is 2. The van der Waals surface area contributed by atoms with Crippen molar-refractivity contribution in [1.29, 1.82) is 0 Å². The molecule has 0 bridgehead atoms. The number of hydrogen-bond acceptors (Lipinski definition) is 6. The fraction of sp³-hybridized carbons (Fsp3) is 0.485. The molecule has 44 heavy (non-hydrogen) atoms. The van der Waals surface area contributed by atoms with Crippen LogP contribution in [-0.2, 0) is 17.8 Å². The van der Waals surface area contributed by atoms with Crippen LogP contribution in [0.2, 0.25) is 5.02 Å². The first-order valence-corrected chi connectivity index (χ1v) is 15.8. The molecule has 11 heteroatoms. The number of ether oxygens (including phenoxy) is 2. The first kappa shape index (κ1) is 31.7. The molecule has 0 radical (unpaired) electrons. The molecule has 5 rings (SSSR count). The lowest BCUT2D eigenvalue weighted by Crippen LogP contribution is -2.36. The lowest BCUT2D eigenvalue weighted by Gasteiger charge is -2.26. The van der Waals surface area contributed by atoms with Gasteiger partial charge in [0, 0.05) is 42.7 Å². The molecule has 1 aromatic heterocycles. The van der Waals surface area contributed by atoms with Crippen LogP contribution < -0.4 is 20.7 Å². The maximum Gasteiger partial charge on any atom is 0.419 e. The van der Waals surface area contributed by atoms with Crippen LogP contribution in [0.3, 0.4) is 0 Å². The Morgan fingerprint density at radius 3 is 2.57 bits per heavy atom. The van der Waals surface area contributed by atoms with E-state index in [2.05, 4.69) is 33.0 Å². The zero-order chi connectivity index (χ0) is 31.4. The summed E-state index contributed by atoms with van der Waals surface area (Å²) in [4.78, 5) is 41.1. The molecule has 1 fully saturated rings. The third-order valence-electron chi connectivity index (χ3n) is 7.76. The molecule has 0 saturated carbocycles. The number of nitrogens with zero attached hydrogens (tertiary/aromatic N) is 2. The number of carbonyl (C=O) groups is 3. The molecule has 3 aromatic rings. The maximum absolute atomic E-state index is 13.7. The van der Waals surface area contributed by atoms with Crippen molar-refractivity contribution in [2.45, 2.75) is 72.1 Å². The molecule has 0 spiro atoms. The summed E-state index contributed by atoms with van der Waals surface area (Å²) in [6, 6.07) is 9.57. The van der Waals surface area contributed by atoms with Gasteiger partial charge in [-0.1, -0.05) is 24.1 Å². The minimum Gasteiger partial charge on any atom is -0.492 e. The monoisotopic (exact) mass is 623 g/mol. The van der Waals surface area contributed by atoms with Crippen LogP contribution >= 0.6 is 11.6 Å². The molecule has 0 aliphatic carbocycles. The van der Waals surface area contributed by atoms with Gasteiger partial charge in [-0.05, 0) is 89.9 Å². The molecule has 3 heterocycles. The molecule has 2 aromatic carbocycles. The van der Waals surface area contributed by atoms with Gasteiger partial charge in [0.1, 0.15) is 11.4 Å². The lowest BCUT2D eigenvalue weighted by molar-refractivity contribution is 0.0546. The largest absolute Gasteiger partial charge is 0.492 e. The predicted molar refractivity (Wildman–Crippen MR) is 172 cm³/mol. The standard InChI is InChI=1S/C33H42ClN5O5/c1-5-35-31(41)36-12-9-15-43-27-18-23(28-24(29(27)34)19-37-30(28)40)26-17-22-16-21(20-38-13-7-6-8-14-38)10-11-25(22)39(26)32(42)44-33(2,3)4/h10-11,16-18H,5-9,12-15,19-20H2,1-4H3,(H,37,40)(H2,35,36,41). The Morgan fingerprint density at radius 1 is 1.07 bits per heavy atom. The number of aromatic nitrogens is 1. The summed E-state index contributed by atoms with van der Waals surface area (Å²) in [6.45, 7) is 11.9. The Morgan fingerprint density at radius 2 is 1.84 bits per heavy atom. The minimum absolute atomic E-state index is 0.232. The van der Waals surface area contributed by atoms with Crippen LogP contribution in [0.1, 0.15) is 74.9 Å². The zero-order valence-corrected chi connectivity index (χ0v) is 26.7. The van der Waals surface area contributed by atoms with Gasteiger partial charge < -0.3 is 25.4 Å². The van der Waals surface area contributed by atoms with E-state index >= 15 is 0 Å². The van der Waals surface area contributed by atoms with E-state index in [4.69, 9.17) is 21.1 Å². The highest BCUT2D eigenvalue weighted by molar-refractivity contribution is 6.34. The van der Waals surface area contributed by atoms with Crippen molar-refractivity contribution < 1.29 is 23.9 Å². The number of likely N-dealkylation sites (tertiary alicyclic amines) is 1. The average molecular weight is 624 g/mol. The Hall–Kier alpha value is -3.76. The van der Waals surface area contributed by atoms with Crippen LogP contribution in [-0.4, -0.2) is 65.9 Å². The molecule has 0 unspecified atom stereocenters. The smallest absolute Gasteiger partial charge is 0.419 e. The number of nitrogens with one attached hydrogen (secondary N) is 3. The van der Waals surface area contributed by atoms with Crippen molar-refractivity contribution >= 4 is 40.5 Å². The van der Waals surface area contributed by atoms with Crippen molar-refractivity contribution in [3.63, 3.8) is 0 Å². The van der Waals surface area contributed by atoms with Crippen LogP contribution in [0.5, 0.6) is 5.75 Å². The SMILES string of the molecule is CCNC(=O)NCCCOc1cc(-c2cc3cc(CN4CCCCC4)ccc3n2C(=O)OC(C)(C)C)c2c(c1Cl)CNC2=O. The zero-order valence-electron chi connectivity index (χ0n) is 26.0. The number of benzene rings is 2. The van der Waals surface area contributed by atoms with E-state index in [0.29, 0.717) is 64.8 Å². The number of piperidine rings is 1. The summed E-state index contributed by atoms with van der Waals surface area (Å²) < 4.78 is 13.5. The van der Waals surface area contributed by atoms with E-state index in [-0.39, 0.29) is 18.5 Å². The summed E-state index contributed by atoms with van der Waals surface area (Å²) in [6.07, 6.45) is 3.71. The second kappa shape index (κ2) is 13.5. The number of amides is 3. The van der Waals surface area contributed by atoms with Crippen molar-refractivity contribution in [2.75, 3.05) is 32.8 Å². The van der Waals surface area contributed by atoms with Crippen molar-refractivity contribution in [3.8, 4) is 17.0 Å². The molecule has 2 aliphatic heterocycles. The van der Waals surface area contributed by atoms with E-state index in [1.165, 1.54) is 19.3 Å². The molecular formula is C33H42ClN5O5. The summed E-state index contributed by atoms with van der Waals surface area (Å²) in [7, 11) is 0. The average Bonchev–Trinajstić information content (AvgIpc) is 3.55. The van der Waals surface area contributed by atoms with E-state index in [1.807, 2.05) is 39.8 Å². The molecular weight excluding hydrogens is 582 g/mol. The third-order valence-corrected chi connectivity index (χ3v) is 8.17. The van der Waals surface area contributed by atoms with Gasteiger partial charge in [0.2, 0.25) is 0 Å². The maximum atomic E-state index is 13.7. The van der Waals surface area contributed by atoms with Crippen molar-refractivity contribution in [3.05, 3.63) is 52.0 Å². The molecule has 2 aliphatic rings. The van der Waals surface area contributed by atoms with Gasteiger partial charge in [-0.25, -0.2) is 14.2 Å². The van der Waals surface area contributed by atoms with Crippen LogP contribution in [0.4, 0.5) is 9.59 Å². The highest BCUT2D eigenvalue weighted by Crippen LogP contribution is 2.42. The number of carbonyl (C=O) groups excluding carboxylic acids is 3. The number of hydrogen-bond donors (Lipinski definition) is 3. The van der Waals surface area contributed by atoms with E-state index in [1.54, 1.807) is 10.6 Å². The second-order valence-electron chi connectivity index (χ2n) is 12.3. The van der Waals surface area contributed by atoms with Crippen molar-refractivity contribution in [2.24, 2.45) is 0 Å². The third kappa shape index (κ3) is 7.13. The summed E-state index contributed by atoms with van der Waals surface area (Å²) in [5.41, 5.74) is 3.23. The molecule has 236 valence electrons. The van der Waals surface area contributed by atoms with E-state index in [9.17, 15) is 14.4 Å².